The largest absolute Gasteiger partial charge is 0.386 e. The number of nitrogens with one attached hydrogen (secondary N) is 1. The summed E-state index contributed by atoms with van der Waals surface area (Å²) in [5.74, 6) is -0.134. The highest BCUT2D eigenvalue weighted by Gasteiger charge is 2.35. The molecule has 1 aliphatic carbocycles. The third-order valence-electron chi connectivity index (χ3n) is 2.53. The third kappa shape index (κ3) is 2.01. The number of nitrogens with zero attached hydrogens (tertiary/aromatic N) is 1. The molecule has 0 amide bonds. The predicted molar refractivity (Wildman–Crippen MR) is 60.1 cm³/mol. The van der Waals surface area contributed by atoms with Crippen LogP contribution in [0.2, 0.25) is 0 Å². The van der Waals surface area contributed by atoms with Crippen LogP contribution in [0.4, 0.5) is 0 Å². The highest BCUT2D eigenvalue weighted by atomic mass is 32.2. The van der Waals surface area contributed by atoms with Gasteiger partial charge in [-0.3, -0.25) is 0 Å². The fraction of sp³-hybridized carbons (Fsp3) is 0.444. The highest BCUT2D eigenvalue weighted by molar-refractivity contribution is 7.88. The number of allylic oxidation sites excluding steroid dienone is 2. The van der Waals surface area contributed by atoms with Crippen molar-refractivity contribution in [1.29, 1.82) is 0 Å². The minimum atomic E-state index is -3.65. The molecule has 0 saturated carbocycles. The molecule has 0 aromatic carbocycles. The number of fused-ring (bicyclic) bond motifs is 1. The summed E-state index contributed by atoms with van der Waals surface area (Å²) in [6.45, 7) is 0.406. The molecule has 16 heavy (non-hydrogen) atoms. The van der Waals surface area contributed by atoms with Crippen molar-refractivity contribution in [3.8, 4) is 0 Å². The van der Waals surface area contributed by atoms with Gasteiger partial charge in [0.1, 0.15) is 5.84 Å². The third-order valence-corrected chi connectivity index (χ3v) is 3.55. The van der Waals surface area contributed by atoms with E-state index >= 15 is 0 Å². The summed E-state index contributed by atoms with van der Waals surface area (Å²) in [7, 11) is -2.07. The molecule has 1 aliphatic heterocycles. The maximum absolute atomic E-state index is 11.3. The van der Waals surface area contributed by atoms with Crippen molar-refractivity contribution in [2.45, 2.75) is 6.04 Å². The second kappa shape index (κ2) is 4.00. The standard InChI is InChI=1S/C9H13N3O3S/c1-15-5-6-3-2-4-7-8(6)9(10)12-16(13,14)11-7/h2-4,7-8,11H,5H2,1H3,(H2,10,12). The Morgan fingerprint density at radius 2 is 2.38 bits per heavy atom. The Bertz CT molecular complexity index is 478. The number of amidine groups is 1. The molecule has 88 valence electrons. The lowest BCUT2D eigenvalue weighted by molar-refractivity contribution is 0.218. The first-order chi connectivity index (χ1) is 7.53. The molecule has 7 heteroatoms. The monoisotopic (exact) mass is 243 g/mol. The Labute approximate surface area is 94.1 Å². The zero-order chi connectivity index (χ0) is 11.8. The van der Waals surface area contributed by atoms with Gasteiger partial charge in [-0.05, 0) is 5.57 Å². The zero-order valence-electron chi connectivity index (χ0n) is 8.75. The molecule has 0 spiro atoms. The smallest absolute Gasteiger partial charge is 0.322 e. The minimum absolute atomic E-state index is 0.108. The molecule has 0 fully saturated rings. The van der Waals surface area contributed by atoms with Gasteiger partial charge < -0.3 is 10.5 Å². The molecule has 6 nitrogen and oxygen atoms in total. The molecular formula is C9H13N3O3S. The van der Waals surface area contributed by atoms with Gasteiger partial charge in [0.15, 0.2) is 0 Å². The molecule has 2 aliphatic rings. The molecule has 0 saturated heterocycles. The van der Waals surface area contributed by atoms with Crippen molar-refractivity contribution in [1.82, 2.24) is 4.72 Å². The van der Waals surface area contributed by atoms with Crippen molar-refractivity contribution in [3.05, 3.63) is 23.8 Å². The van der Waals surface area contributed by atoms with Crippen LogP contribution in [0.15, 0.2) is 28.2 Å². The number of hydrogen-bond donors (Lipinski definition) is 2. The van der Waals surface area contributed by atoms with E-state index in [2.05, 4.69) is 9.12 Å². The van der Waals surface area contributed by atoms with Crippen molar-refractivity contribution in [2.24, 2.45) is 16.0 Å². The number of rotatable bonds is 2. The van der Waals surface area contributed by atoms with Gasteiger partial charge in [-0.2, -0.15) is 13.1 Å². The molecular weight excluding hydrogens is 230 g/mol. The molecule has 0 radical (unpaired) electrons. The number of nitrogens with two attached hydrogens (primary N) is 1. The van der Waals surface area contributed by atoms with Crippen LogP contribution in [-0.4, -0.2) is 34.0 Å². The fourth-order valence-corrected chi connectivity index (χ4v) is 2.93. The molecule has 0 aromatic rings. The van der Waals surface area contributed by atoms with Crippen LogP contribution >= 0.6 is 0 Å². The van der Waals surface area contributed by atoms with Gasteiger partial charge in [0.25, 0.3) is 0 Å². The van der Waals surface area contributed by atoms with E-state index in [4.69, 9.17) is 10.5 Å². The zero-order valence-corrected chi connectivity index (χ0v) is 9.57. The van der Waals surface area contributed by atoms with Crippen LogP contribution in [0.25, 0.3) is 0 Å². The maximum atomic E-state index is 11.3. The second-order valence-corrected chi connectivity index (χ2v) is 5.04. The Kier molecular flexibility index (Phi) is 2.83. The van der Waals surface area contributed by atoms with Crippen molar-refractivity contribution >= 4 is 16.0 Å². The Hall–Kier alpha value is -1.18. The van der Waals surface area contributed by atoms with E-state index in [0.29, 0.717) is 6.61 Å². The lowest BCUT2D eigenvalue weighted by Gasteiger charge is -2.31. The molecule has 0 bridgehead atoms. The second-order valence-electron chi connectivity index (χ2n) is 3.67. The first-order valence-electron chi connectivity index (χ1n) is 4.77. The molecule has 0 aromatic heterocycles. The lowest BCUT2D eigenvalue weighted by Crippen LogP contribution is -2.50. The van der Waals surface area contributed by atoms with Crippen LogP contribution in [0, 0.1) is 5.92 Å². The van der Waals surface area contributed by atoms with Gasteiger partial charge >= 0.3 is 10.2 Å². The SMILES string of the molecule is COCC1=CC=CC2NS(=O)(=O)N=C(N)C12. The van der Waals surface area contributed by atoms with E-state index < -0.39 is 10.2 Å². The minimum Gasteiger partial charge on any atom is -0.386 e. The van der Waals surface area contributed by atoms with E-state index in [0.717, 1.165) is 5.57 Å². The summed E-state index contributed by atoms with van der Waals surface area (Å²) in [6.07, 6.45) is 5.41. The van der Waals surface area contributed by atoms with Crippen molar-refractivity contribution in [2.75, 3.05) is 13.7 Å². The van der Waals surface area contributed by atoms with Crippen molar-refractivity contribution in [3.63, 3.8) is 0 Å². The summed E-state index contributed by atoms with van der Waals surface area (Å²) < 4.78 is 33.6. The molecule has 3 N–H and O–H groups in total. The van der Waals surface area contributed by atoms with Gasteiger partial charge in [-0.1, -0.05) is 18.2 Å². The molecule has 2 unspecified atom stereocenters. The van der Waals surface area contributed by atoms with Gasteiger partial charge in [-0.15, -0.1) is 4.40 Å². The number of hydrogen-bond acceptors (Lipinski definition) is 4. The molecule has 2 atom stereocenters. The van der Waals surface area contributed by atoms with Crippen LogP contribution in [0.1, 0.15) is 0 Å². The number of ether oxygens (including phenoxy) is 1. The van der Waals surface area contributed by atoms with E-state index in [1.54, 1.807) is 19.3 Å². The Morgan fingerprint density at radius 3 is 3.06 bits per heavy atom. The molecule has 1 heterocycles. The summed E-state index contributed by atoms with van der Waals surface area (Å²) in [5, 5.41) is 0. The highest BCUT2D eigenvalue weighted by Crippen LogP contribution is 2.25. The quantitative estimate of drug-likeness (QED) is 0.672. The predicted octanol–water partition coefficient (Wildman–Crippen LogP) is -0.681. The van der Waals surface area contributed by atoms with Crippen molar-refractivity contribution < 1.29 is 13.2 Å². The Balaban J connectivity index is 2.38. The van der Waals surface area contributed by atoms with Crippen LogP contribution < -0.4 is 10.5 Å². The Morgan fingerprint density at radius 1 is 1.62 bits per heavy atom. The van der Waals surface area contributed by atoms with Gasteiger partial charge in [-0.25, -0.2) is 0 Å². The van der Waals surface area contributed by atoms with Gasteiger partial charge in [0, 0.05) is 7.11 Å². The van der Waals surface area contributed by atoms with E-state index in [1.165, 1.54) is 0 Å². The summed E-state index contributed by atoms with van der Waals surface area (Å²) in [6, 6.07) is -0.363. The fourth-order valence-electron chi connectivity index (χ4n) is 1.92. The topological polar surface area (TPSA) is 93.8 Å². The normalized spacial score (nSPS) is 31.6. The maximum Gasteiger partial charge on any atom is 0.322 e. The van der Waals surface area contributed by atoms with Crippen LogP contribution in [0.5, 0.6) is 0 Å². The summed E-state index contributed by atoms with van der Waals surface area (Å²) in [4.78, 5) is 0. The summed E-state index contributed by atoms with van der Waals surface area (Å²) in [5.41, 5.74) is 6.60. The van der Waals surface area contributed by atoms with Gasteiger partial charge in [0.2, 0.25) is 0 Å². The molecule has 2 rings (SSSR count). The van der Waals surface area contributed by atoms with E-state index in [-0.39, 0.29) is 17.8 Å². The first-order valence-corrected chi connectivity index (χ1v) is 6.21. The first kappa shape index (κ1) is 11.3. The van der Waals surface area contributed by atoms with Crippen LogP contribution in [0.3, 0.4) is 0 Å². The average Bonchev–Trinajstić information content (AvgIpc) is 2.15. The summed E-state index contributed by atoms with van der Waals surface area (Å²) >= 11 is 0. The lowest BCUT2D eigenvalue weighted by atomic mass is 9.87. The van der Waals surface area contributed by atoms with E-state index in [1.807, 2.05) is 6.08 Å². The average molecular weight is 243 g/mol. The van der Waals surface area contributed by atoms with E-state index in [9.17, 15) is 8.42 Å². The number of methoxy groups -OCH3 is 1. The van der Waals surface area contributed by atoms with Gasteiger partial charge in [0.05, 0.1) is 18.6 Å². The van der Waals surface area contributed by atoms with Crippen LogP contribution in [-0.2, 0) is 14.9 Å².